The number of benzene rings is 3. The number of nitrogens with zero attached hydrogens (tertiary/aromatic N) is 1. The van der Waals surface area contributed by atoms with Crippen LogP contribution in [0.15, 0.2) is 69.9 Å². The first-order valence-electron chi connectivity index (χ1n) is 12.4. The Bertz CT molecular complexity index is 1560. The van der Waals surface area contributed by atoms with Crippen molar-refractivity contribution in [1.29, 1.82) is 0 Å². The molecule has 1 aliphatic rings. The maximum atomic E-state index is 14.1. The molecule has 202 valence electrons. The first-order chi connectivity index (χ1) is 19.0. The summed E-state index contributed by atoms with van der Waals surface area (Å²) in [6.07, 6.45) is 0.591. The van der Waals surface area contributed by atoms with Crippen molar-refractivity contribution in [2.45, 2.75) is 12.5 Å². The van der Waals surface area contributed by atoms with Gasteiger partial charge in [-0.1, -0.05) is 18.2 Å². The minimum Gasteiger partial charge on any atom is -0.496 e. The third kappa shape index (κ3) is 4.83. The van der Waals surface area contributed by atoms with E-state index in [-0.39, 0.29) is 12.5 Å². The SMILES string of the molecule is COc1cc2c(cc1OC)C(COc1cc(=O)oc3ccccc13)N(C(=O)c1c(OC)cccc1OC)CC2. The van der Waals surface area contributed by atoms with Crippen LogP contribution in [0.3, 0.4) is 0 Å². The lowest BCUT2D eigenvalue weighted by Gasteiger charge is -2.38. The van der Waals surface area contributed by atoms with Crippen LogP contribution >= 0.6 is 0 Å². The van der Waals surface area contributed by atoms with Crippen molar-refractivity contribution >= 4 is 16.9 Å². The topological polar surface area (TPSA) is 96.7 Å². The molecule has 0 fully saturated rings. The molecule has 1 unspecified atom stereocenters. The first-order valence-corrected chi connectivity index (χ1v) is 12.4. The van der Waals surface area contributed by atoms with Gasteiger partial charge in [0.15, 0.2) is 11.5 Å². The minimum atomic E-state index is -0.526. The molecule has 1 amide bonds. The molecule has 9 heteroatoms. The third-order valence-corrected chi connectivity index (χ3v) is 6.91. The van der Waals surface area contributed by atoms with Gasteiger partial charge in [-0.3, -0.25) is 4.79 Å². The minimum absolute atomic E-state index is 0.0686. The molecule has 4 aromatic rings. The van der Waals surface area contributed by atoms with Gasteiger partial charge >= 0.3 is 5.63 Å². The Hall–Kier alpha value is -4.66. The van der Waals surface area contributed by atoms with Crippen LogP contribution in [-0.4, -0.2) is 52.4 Å². The molecule has 0 aliphatic carbocycles. The van der Waals surface area contributed by atoms with E-state index in [0.717, 1.165) is 11.1 Å². The van der Waals surface area contributed by atoms with E-state index in [9.17, 15) is 9.59 Å². The van der Waals surface area contributed by atoms with Crippen LogP contribution in [0.4, 0.5) is 0 Å². The average Bonchev–Trinajstić information content (AvgIpc) is 2.97. The van der Waals surface area contributed by atoms with Gasteiger partial charge < -0.3 is 33.0 Å². The van der Waals surface area contributed by atoms with Gasteiger partial charge in [0.25, 0.3) is 5.91 Å². The monoisotopic (exact) mass is 531 g/mol. The molecule has 39 heavy (non-hydrogen) atoms. The summed E-state index contributed by atoms with van der Waals surface area (Å²) in [5, 5.41) is 0.657. The summed E-state index contributed by atoms with van der Waals surface area (Å²) >= 11 is 0. The summed E-state index contributed by atoms with van der Waals surface area (Å²) < 4.78 is 33.7. The number of methoxy groups -OCH3 is 4. The smallest absolute Gasteiger partial charge is 0.339 e. The van der Waals surface area contributed by atoms with Gasteiger partial charge in [0.2, 0.25) is 0 Å². The number of hydrogen-bond donors (Lipinski definition) is 0. The molecule has 9 nitrogen and oxygen atoms in total. The lowest BCUT2D eigenvalue weighted by Crippen LogP contribution is -2.43. The van der Waals surface area contributed by atoms with Gasteiger partial charge in [0.1, 0.15) is 35.0 Å². The van der Waals surface area contributed by atoms with Gasteiger partial charge in [-0.15, -0.1) is 0 Å². The van der Waals surface area contributed by atoms with E-state index in [0.29, 0.717) is 58.2 Å². The number of rotatable bonds is 8. The number of ether oxygens (including phenoxy) is 5. The van der Waals surface area contributed by atoms with E-state index in [1.807, 2.05) is 24.3 Å². The van der Waals surface area contributed by atoms with Crippen molar-refractivity contribution in [2.24, 2.45) is 0 Å². The number of carbonyl (C=O) groups excluding carboxylic acids is 1. The highest BCUT2D eigenvalue weighted by Gasteiger charge is 2.35. The van der Waals surface area contributed by atoms with E-state index in [4.69, 9.17) is 28.1 Å². The number of para-hydroxylation sites is 1. The van der Waals surface area contributed by atoms with Gasteiger partial charge in [-0.25, -0.2) is 4.79 Å². The van der Waals surface area contributed by atoms with Crippen molar-refractivity contribution in [3.8, 4) is 28.7 Å². The molecule has 1 atom stereocenters. The van der Waals surface area contributed by atoms with E-state index < -0.39 is 11.7 Å². The highest BCUT2D eigenvalue weighted by molar-refractivity contribution is 6.00. The van der Waals surface area contributed by atoms with Gasteiger partial charge in [0, 0.05) is 6.54 Å². The van der Waals surface area contributed by atoms with Crippen molar-refractivity contribution in [3.05, 3.63) is 87.8 Å². The van der Waals surface area contributed by atoms with Gasteiger partial charge in [0.05, 0.1) is 45.9 Å². The summed E-state index contributed by atoms with van der Waals surface area (Å²) in [5.74, 6) is 2.06. The molecule has 0 bridgehead atoms. The zero-order valence-electron chi connectivity index (χ0n) is 22.2. The van der Waals surface area contributed by atoms with Crippen molar-refractivity contribution in [1.82, 2.24) is 4.90 Å². The average molecular weight is 532 g/mol. The number of fused-ring (bicyclic) bond motifs is 2. The van der Waals surface area contributed by atoms with E-state index in [2.05, 4.69) is 0 Å². The maximum Gasteiger partial charge on any atom is 0.339 e. The zero-order chi connectivity index (χ0) is 27.5. The van der Waals surface area contributed by atoms with Crippen LogP contribution in [0.1, 0.15) is 27.5 Å². The Morgan fingerprint density at radius 2 is 1.51 bits per heavy atom. The normalized spacial score (nSPS) is 14.5. The summed E-state index contributed by atoms with van der Waals surface area (Å²) in [4.78, 5) is 28.1. The number of carbonyl (C=O) groups is 1. The van der Waals surface area contributed by atoms with Crippen LogP contribution in [0.25, 0.3) is 11.0 Å². The van der Waals surface area contributed by atoms with Crippen LogP contribution < -0.4 is 29.3 Å². The number of hydrogen-bond acceptors (Lipinski definition) is 8. The molecular formula is C30H29NO8. The largest absolute Gasteiger partial charge is 0.496 e. The van der Waals surface area contributed by atoms with Crippen LogP contribution in [0.2, 0.25) is 0 Å². The summed E-state index contributed by atoms with van der Waals surface area (Å²) in [5.41, 5.74) is 2.08. The molecule has 2 heterocycles. The lowest BCUT2D eigenvalue weighted by atomic mass is 9.91. The zero-order valence-corrected chi connectivity index (χ0v) is 22.2. The summed E-state index contributed by atoms with van der Waals surface area (Å²) in [6.45, 7) is 0.480. The summed E-state index contributed by atoms with van der Waals surface area (Å²) in [7, 11) is 6.18. The second kappa shape index (κ2) is 11.0. The third-order valence-electron chi connectivity index (χ3n) is 6.91. The van der Waals surface area contributed by atoms with E-state index in [1.54, 1.807) is 49.5 Å². The fraction of sp³-hybridized carbons (Fsp3) is 0.267. The Labute approximate surface area is 225 Å². The van der Waals surface area contributed by atoms with Crippen LogP contribution in [-0.2, 0) is 6.42 Å². The summed E-state index contributed by atoms with van der Waals surface area (Å²) in [6, 6.07) is 17.0. The molecule has 1 aromatic heterocycles. The van der Waals surface area contributed by atoms with Crippen LogP contribution in [0, 0.1) is 0 Å². The predicted octanol–water partition coefficient (Wildman–Crippen LogP) is 4.65. The van der Waals surface area contributed by atoms with Gasteiger partial charge in [-0.2, -0.15) is 0 Å². The molecular weight excluding hydrogens is 502 g/mol. The molecule has 0 spiro atoms. The lowest BCUT2D eigenvalue weighted by molar-refractivity contribution is 0.0583. The fourth-order valence-corrected chi connectivity index (χ4v) is 5.03. The molecule has 0 saturated carbocycles. The molecule has 3 aromatic carbocycles. The molecule has 0 saturated heterocycles. The Kier molecular flexibility index (Phi) is 7.31. The molecule has 1 aliphatic heterocycles. The van der Waals surface area contributed by atoms with Crippen molar-refractivity contribution < 1.29 is 32.9 Å². The standard InChI is InChI=1S/C30H29NO8/c1-34-23-10-7-11-24(35-2)29(23)30(33)31-13-12-18-14-26(36-3)27(37-4)15-20(18)21(31)17-38-25-16-28(32)39-22-9-6-5-8-19(22)25/h5-11,14-16,21H,12-13,17H2,1-4H3. The molecule has 0 N–H and O–H groups in total. The van der Waals surface area contributed by atoms with Crippen molar-refractivity contribution in [2.75, 3.05) is 41.6 Å². The Balaban J connectivity index is 1.60. The highest BCUT2D eigenvalue weighted by atomic mass is 16.5. The van der Waals surface area contributed by atoms with Crippen LogP contribution in [0.5, 0.6) is 28.7 Å². The highest BCUT2D eigenvalue weighted by Crippen LogP contribution is 2.41. The quantitative estimate of drug-likeness (QED) is 0.303. The predicted molar refractivity (Wildman–Crippen MR) is 145 cm³/mol. The molecule has 0 radical (unpaired) electrons. The second-order valence-corrected chi connectivity index (χ2v) is 8.94. The number of amides is 1. The van der Waals surface area contributed by atoms with Crippen molar-refractivity contribution in [3.63, 3.8) is 0 Å². The molecule has 5 rings (SSSR count). The Morgan fingerprint density at radius 3 is 2.21 bits per heavy atom. The fourth-order valence-electron chi connectivity index (χ4n) is 5.03. The second-order valence-electron chi connectivity index (χ2n) is 8.94. The Morgan fingerprint density at radius 1 is 0.846 bits per heavy atom. The van der Waals surface area contributed by atoms with E-state index >= 15 is 0 Å². The maximum absolute atomic E-state index is 14.1. The first kappa shape index (κ1) is 26.0. The van der Waals surface area contributed by atoms with E-state index in [1.165, 1.54) is 20.3 Å². The van der Waals surface area contributed by atoms with Gasteiger partial charge in [-0.05, 0) is 53.9 Å².